The summed E-state index contributed by atoms with van der Waals surface area (Å²) in [4.78, 5) is 4.01. The highest BCUT2D eigenvalue weighted by Crippen LogP contribution is 2.20. The van der Waals surface area contributed by atoms with Gasteiger partial charge in [0.25, 0.3) is 0 Å². The molecule has 2 rings (SSSR count). The minimum Gasteiger partial charge on any atom is -0.382 e. The van der Waals surface area contributed by atoms with Crippen LogP contribution in [0.2, 0.25) is 0 Å². The van der Waals surface area contributed by atoms with Gasteiger partial charge in [0.05, 0.1) is 11.9 Å². The van der Waals surface area contributed by atoms with Crippen LogP contribution in [-0.4, -0.2) is 43.1 Å². The number of nitrogens with zero attached hydrogens (tertiary/aromatic N) is 2. The maximum absolute atomic E-state index is 11.4. The molecule has 0 aromatic carbocycles. The molecule has 3 N–H and O–H groups in total. The van der Waals surface area contributed by atoms with Crippen molar-refractivity contribution in [1.82, 2.24) is 9.29 Å². The first-order valence-electron chi connectivity index (χ1n) is 5.89. The van der Waals surface area contributed by atoms with Crippen molar-refractivity contribution in [1.29, 1.82) is 0 Å². The molecule has 0 bridgehead atoms. The Bertz CT molecular complexity index is 510. The van der Waals surface area contributed by atoms with Crippen LogP contribution in [0.15, 0.2) is 18.3 Å². The molecular formula is C11H18N4O2S. The Morgan fingerprint density at radius 1 is 1.44 bits per heavy atom. The normalized spacial score (nSPS) is 18.7. The Kier molecular flexibility index (Phi) is 3.72. The summed E-state index contributed by atoms with van der Waals surface area (Å²) < 4.78 is 24.3. The maximum atomic E-state index is 11.4. The number of sulfonamides is 1. The van der Waals surface area contributed by atoms with E-state index in [-0.39, 0.29) is 6.04 Å². The van der Waals surface area contributed by atoms with E-state index in [4.69, 9.17) is 5.73 Å². The van der Waals surface area contributed by atoms with Crippen molar-refractivity contribution in [2.45, 2.75) is 18.9 Å². The molecule has 0 spiro atoms. The Morgan fingerprint density at radius 2 is 2.11 bits per heavy atom. The summed E-state index contributed by atoms with van der Waals surface area (Å²) in [6.07, 6.45) is 4.45. The lowest BCUT2D eigenvalue weighted by atomic mass is 10.1. The lowest BCUT2D eigenvalue weighted by Gasteiger charge is -2.31. The van der Waals surface area contributed by atoms with E-state index < -0.39 is 10.0 Å². The highest BCUT2D eigenvalue weighted by molar-refractivity contribution is 7.88. The molecule has 1 aliphatic rings. The predicted octanol–water partition coefficient (Wildman–Crippen LogP) is 0.500. The molecule has 0 amide bonds. The lowest BCUT2D eigenvalue weighted by Crippen LogP contribution is -2.41. The summed E-state index contributed by atoms with van der Waals surface area (Å²) in [7, 11) is -3.06. The molecule has 0 radical (unpaired) electrons. The summed E-state index contributed by atoms with van der Waals surface area (Å²) in [5, 5.41) is 3.31. The fourth-order valence-electron chi connectivity index (χ4n) is 2.09. The van der Waals surface area contributed by atoms with E-state index in [9.17, 15) is 8.42 Å². The largest absolute Gasteiger partial charge is 0.382 e. The zero-order chi connectivity index (χ0) is 13.2. The van der Waals surface area contributed by atoms with Gasteiger partial charge in [0.2, 0.25) is 10.0 Å². The predicted molar refractivity (Wildman–Crippen MR) is 71.7 cm³/mol. The van der Waals surface area contributed by atoms with E-state index in [2.05, 4.69) is 10.3 Å². The molecule has 1 aromatic heterocycles. The van der Waals surface area contributed by atoms with Gasteiger partial charge in [-0.3, -0.25) is 0 Å². The third-order valence-electron chi connectivity index (χ3n) is 3.12. The first-order chi connectivity index (χ1) is 8.47. The van der Waals surface area contributed by atoms with E-state index in [1.165, 1.54) is 10.6 Å². The number of piperidine rings is 1. The molecule has 1 saturated heterocycles. The topological polar surface area (TPSA) is 88.3 Å². The quantitative estimate of drug-likeness (QED) is 0.835. The molecule has 6 nitrogen and oxygen atoms in total. The van der Waals surface area contributed by atoms with Crippen molar-refractivity contribution in [2.24, 2.45) is 0 Å². The molecule has 1 fully saturated rings. The van der Waals surface area contributed by atoms with Crippen molar-refractivity contribution >= 4 is 21.5 Å². The number of nitrogens with two attached hydrogens (primary N) is 1. The van der Waals surface area contributed by atoms with Gasteiger partial charge in [0.15, 0.2) is 0 Å². The smallest absolute Gasteiger partial charge is 0.211 e. The Labute approximate surface area is 107 Å². The second-order valence-electron chi connectivity index (χ2n) is 4.52. The first-order valence-corrected chi connectivity index (χ1v) is 7.74. The monoisotopic (exact) mass is 270 g/mol. The average molecular weight is 270 g/mol. The van der Waals surface area contributed by atoms with Gasteiger partial charge in [0, 0.05) is 25.3 Å². The minimum atomic E-state index is -3.06. The number of anilines is 2. The molecule has 1 aromatic rings. The number of nitrogen functional groups attached to an aromatic ring is 1. The number of nitrogens with one attached hydrogen (secondary N) is 1. The molecule has 0 aliphatic carbocycles. The van der Waals surface area contributed by atoms with Gasteiger partial charge < -0.3 is 11.1 Å². The second-order valence-corrected chi connectivity index (χ2v) is 6.50. The fourth-order valence-corrected chi connectivity index (χ4v) is 2.97. The minimum absolute atomic E-state index is 0.245. The van der Waals surface area contributed by atoms with E-state index in [1.807, 2.05) is 12.1 Å². The zero-order valence-corrected chi connectivity index (χ0v) is 11.2. The highest BCUT2D eigenvalue weighted by Gasteiger charge is 2.24. The summed E-state index contributed by atoms with van der Waals surface area (Å²) in [5.41, 5.74) is 6.57. The molecule has 0 saturated carbocycles. The molecular weight excluding hydrogens is 252 g/mol. The Balaban J connectivity index is 1.94. The van der Waals surface area contributed by atoms with Crippen LogP contribution in [0.25, 0.3) is 0 Å². The van der Waals surface area contributed by atoms with Crippen LogP contribution in [0, 0.1) is 0 Å². The molecule has 100 valence electrons. The average Bonchev–Trinajstić information content (AvgIpc) is 2.32. The van der Waals surface area contributed by atoms with Crippen molar-refractivity contribution in [3.63, 3.8) is 0 Å². The standard InChI is InChI=1S/C11H18N4O2S/c1-18(16,17)15-7-4-9(5-8-15)14-10-3-2-6-13-11(10)12/h2-3,6,9,14H,4-5,7-8H2,1H3,(H2,12,13). The second kappa shape index (κ2) is 5.11. The molecule has 2 heterocycles. The van der Waals surface area contributed by atoms with E-state index >= 15 is 0 Å². The summed E-state index contributed by atoms with van der Waals surface area (Å²) in [6, 6.07) is 3.95. The van der Waals surface area contributed by atoms with Crippen molar-refractivity contribution < 1.29 is 8.42 Å². The summed E-state index contributed by atoms with van der Waals surface area (Å²) in [6.45, 7) is 1.10. The van der Waals surface area contributed by atoms with Crippen LogP contribution < -0.4 is 11.1 Å². The van der Waals surface area contributed by atoms with Gasteiger partial charge in [-0.05, 0) is 25.0 Å². The number of hydrogen-bond acceptors (Lipinski definition) is 5. The molecule has 7 heteroatoms. The third-order valence-corrected chi connectivity index (χ3v) is 4.42. The summed E-state index contributed by atoms with van der Waals surface area (Å²) in [5.74, 6) is 0.475. The Hall–Kier alpha value is -1.34. The molecule has 0 atom stereocenters. The van der Waals surface area contributed by atoms with Crippen molar-refractivity contribution in [2.75, 3.05) is 30.4 Å². The highest BCUT2D eigenvalue weighted by atomic mass is 32.2. The van der Waals surface area contributed by atoms with Crippen LogP contribution >= 0.6 is 0 Å². The van der Waals surface area contributed by atoms with Crippen molar-refractivity contribution in [3.8, 4) is 0 Å². The number of pyridine rings is 1. The van der Waals surface area contributed by atoms with Crippen LogP contribution in [0.5, 0.6) is 0 Å². The maximum Gasteiger partial charge on any atom is 0.211 e. The van der Waals surface area contributed by atoms with Gasteiger partial charge in [-0.15, -0.1) is 0 Å². The third kappa shape index (κ3) is 3.11. The SMILES string of the molecule is CS(=O)(=O)N1CCC(Nc2cccnc2N)CC1. The van der Waals surface area contributed by atoms with E-state index in [0.717, 1.165) is 18.5 Å². The fraction of sp³-hybridized carbons (Fsp3) is 0.545. The Morgan fingerprint density at radius 3 is 2.67 bits per heavy atom. The van der Waals surface area contributed by atoms with Crippen LogP contribution in [0.1, 0.15) is 12.8 Å². The van der Waals surface area contributed by atoms with Gasteiger partial charge >= 0.3 is 0 Å². The molecule has 0 unspecified atom stereocenters. The van der Waals surface area contributed by atoms with Gasteiger partial charge in [-0.2, -0.15) is 0 Å². The van der Waals surface area contributed by atoms with Crippen molar-refractivity contribution in [3.05, 3.63) is 18.3 Å². The van der Waals surface area contributed by atoms with Gasteiger partial charge in [0.1, 0.15) is 5.82 Å². The number of hydrogen-bond donors (Lipinski definition) is 2. The van der Waals surface area contributed by atoms with Gasteiger partial charge in [-0.25, -0.2) is 17.7 Å². The molecule has 18 heavy (non-hydrogen) atoms. The van der Waals surface area contributed by atoms with E-state index in [1.54, 1.807) is 6.20 Å². The number of aromatic nitrogens is 1. The summed E-state index contributed by atoms with van der Waals surface area (Å²) >= 11 is 0. The number of rotatable bonds is 3. The molecule has 1 aliphatic heterocycles. The zero-order valence-electron chi connectivity index (χ0n) is 10.3. The van der Waals surface area contributed by atoms with Crippen LogP contribution in [0.4, 0.5) is 11.5 Å². The van der Waals surface area contributed by atoms with E-state index in [0.29, 0.717) is 18.9 Å². The van der Waals surface area contributed by atoms with Crippen LogP contribution in [0.3, 0.4) is 0 Å². The van der Waals surface area contributed by atoms with Crippen LogP contribution in [-0.2, 0) is 10.0 Å². The first kappa shape index (κ1) is 13.1. The van der Waals surface area contributed by atoms with Gasteiger partial charge in [-0.1, -0.05) is 0 Å². The lowest BCUT2D eigenvalue weighted by molar-refractivity contribution is 0.332.